The molecule has 0 aliphatic rings. The summed E-state index contributed by atoms with van der Waals surface area (Å²) in [6.45, 7) is 0. The summed E-state index contributed by atoms with van der Waals surface area (Å²) in [5.74, 6) is 0.823. The predicted octanol–water partition coefficient (Wildman–Crippen LogP) is 4.43. The van der Waals surface area contributed by atoms with Gasteiger partial charge in [0, 0.05) is 30.8 Å². The number of alkyl halides is 3. The van der Waals surface area contributed by atoms with Crippen LogP contribution in [0.25, 0.3) is 10.9 Å². The lowest BCUT2D eigenvalue weighted by molar-refractivity contribution is -0.140. The van der Waals surface area contributed by atoms with Gasteiger partial charge >= 0.3 is 6.18 Å². The first-order chi connectivity index (χ1) is 10.3. The Hall–Kier alpha value is -2.28. The number of benzene rings is 1. The fraction of sp³-hybridized carbons (Fsp3) is 0.143. The molecule has 0 spiro atoms. The van der Waals surface area contributed by atoms with E-state index >= 15 is 0 Å². The molecule has 0 bridgehead atoms. The summed E-state index contributed by atoms with van der Waals surface area (Å²) in [5.41, 5.74) is -0.589. The molecule has 2 aromatic heterocycles. The van der Waals surface area contributed by atoms with E-state index in [1.165, 1.54) is 42.2 Å². The van der Waals surface area contributed by atoms with Crippen LogP contribution in [0.3, 0.4) is 0 Å². The molecule has 0 saturated heterocycles. The van der Waals surface area contributed by atoms with Crippen molar-refractivity contribution in [1.29, 1.82) is 0 Å². The fourth-order valence-electron chi connectivity index (χ4n) is 2.09. The minimum absolute atomic E-state index is 0.0233. The van der Waals surface area contributed by atoms with Crippen LogP contribution in [-0.4, -0.2) is 14.8 Å². The number of aromatic nitrogens is 3. The molecule has 0 aliphatic carbocycles. The first kappa shape index (κ1) is 14.6. The van der Waals surface area contributed by atoms with Crippen LogP contribution in [0.2, 0.25) is 5.15 Å². The van der Waals surface area contributed by atoms with Crippen LogP contribution < -0.4 is 4.74 Å². The molecule has 22 heavy (non-hydrogen) atoms. The normalized spacial score (nSPS) is 11.9. The highest BCUT2D eigenvalue weighted by molar-refractivity contribution is 6.29. The van der Waals surface area contributed by atoms with Gasteiger partial charge in [-0.15, -0.1) is 0 Å². The Morgan fingerprint density at radius 3 is 2.55 bits per heavy atom. The lowest BCUT2D eigenvalue weighted by Crippen LogP contribution is -2.06. The van der Waals surface area contributed by atoms with Gasteiger partial charge in [-0.05, 0) is 18.2 Å². The largest absolute Gasteiger partial charge is 0.457 e. The van der Waals surface area contributed by atoms with Crippen LogP contribution in [0.5, 0.6) is 11.5 Å². The Morgan fingerprint density at radius 2 is 1.86 bits per heavy atom. The van der Waals surface area contributed by atoms with Crippen LogP contribution >= 0.6 is 11.6 Å². The van der Waals surface area contributed by atoms with Crippen molar-refractivity contribution in [1.82, 2.24) is 14.8 Å². The van der Waals surface area contributed by atoms with Crippen LogP contribution in [0.4, 0.5) is 13.2 Å². The lowest BCUT2D eigenvalue weighted by atomic mass is 10.2. The molecular weight excluding hydrogens is 319 g/mol. The number of rotatable bonds is 2. The van der Waals surface area contributed by atoms with Crippen molar-refractivity contribution in [2.45, 2.75) is 6.18 Å². The highest BCUT2D eigenvalue weighted by Gasteiger charge is 2.36. The molecular formula is C14H9ClF3N3O. The van der Waals surface area contributed by atoms with Crippen molar-refractivity contribution in [3.8, 4) is 11.5 Å². The summed E-state index contributed by atoms with van der Waals surface area (Å²) in [7, 11) is 1.45. The van der Waals surface area contributed by atoms with Crippen LogP contribution in [0.15, 0.2) is 36.5 Å². The molecule has 4 nitrogen and oxygen atoms in total. The third kappa shape index (κ3) is 2.71. The molecule has 0 saturated carbocycles. The van der Waals surface area contributed by atoms with Crippen molar-refractivity contribution >= 4 is 22.5 Å². The second kappa shape index (κ2) is 5.17. The van der Waals surface area contributed by atoms with E-state index in [0.29, 0.717) is 17.0 Å². The molecule has 0 atom stereocenters. The maximum Gasteiger partial charge on any atom is 0.435 e. The smallest absolute Gasteiger partial charge is 0.435 e. The van der Waals surface area contributed by atoms with Gasteiger partial charge < -0.3 is 4.74 Å². The Balaban J connectivity index is 2.02. The average molecular weight is 328 g/mol. The number of hydrogen-bond acceptors (Lipinski definition) is 3. The fourth-order valence-corrected chi connectivity index (χ4v) is 2.26. The first-order valence-corrected chi connectivity index (χ1v) is 6.56. The SMILES string of the molecule is Cn1nc(C(F)(F)F)c2ccc(Oc3ccnc(Cl)c3)cc21. The van der Waals surface area contributed by atoms with E-state index in [1.807, 2.05) is 0 Å². The molecule has 0 radical (unpaired) electrons. The maximum atomic E-state index is 12.9. The Kier molecular flexibility index (Phi) is 3.44. The van der Waals surface area contributed by atoms with Crippen molar-refractivity contribution in [2.75, 3.05) is 0 Å². The molecule has 0 fully saturated rings. The molecule has 0 N–H and O–H groups in total. The highest BCUT2D eigenvalue weighted by atomic mass is 35.5. The molecule has 1 aromatic carbocycles. The van der Waals surface area contributed by atoms with Crippen LogP contribution in [0.1, 0.15) is 5.69 Å². The predicted molar refractivity (Wildman–Crippen MR) is 75.0 cm³/mol. The van der Waals surface area contributed by atoms with Crippen molar-refractivity contribution in [3.05, 3.63) is 47.4 Å². The van der Waals surface area contributed by atoms with E-state index in [-0.39, 0.29) is 10.5 Å². The van der Waals surface area contributed by atoms with Gasteiger partial charge in [0.25, 0.3) is 0 Å². The molecule has 3 rings (SSSR count). The number of nitrogens with zero attached hydrogens (tertiary/aromatic N) is 3. The van der Waals surface area contributed by atoms with E-state index in [9.17, 15) is 13.2 Å². The summed E-state index contributed by atoms with van der Waals surface area (Å²) in [6, 6.07) is 7.39. The number of halogens is 4. The molecule has 2 heterocycles. The zero-order valence-electron chi connectivity index (χ0n) is 11.2. The van der Waals surface area contributed by atoms with E-state index in [0.717, 1.165) is 0 Å². The van der Waals surface area contributed by atoms with Gasteiger partial charge in [-0.1, -0.05) is 11.6 Å². The summed E-state index contributed by atoms with van der Waals surface area (Å²) >= 11 is 5.75. The van der Waals surface area contributed by atoms with Gasteiger partial charge in [0.05, 0.1) is 5.52 Å². The monoisotopic (exact) mass is 327 g/mol. The van der Waals surface area contributed by atoms with Gasteiger partial charge in [-0.3, -0.25) is 4.68 Å². The maximum absolute atomic E-state index is 12.9. The van der Waals surface area contributed by atoms with E-state index in [1.54, 1.807) is 6.07 Å². The topological polar surface area (TPSA) is 39.9 Å². The first-order valence-electron chi connectivity index (χ1n) is 6.18. The van der Waals surface area contributed by atoms with E-state index in [2.05, 4.69) is 10.1 Å². The van der Waals surface area contributed by atoms with Gasteiger partial charge in [-0.25, -0.2) is 4.98 Å². The summed E-state index contributed by atoms with van der Waals surface area (Å²) in [5, 5.41) is 3.81. The number of aryl methyl sites for hydroxylation is 1. The minimum Gasteiger partial charge on any atom is -0.457 e. The summed E-state index contributed by atoms with van der Waals surface area (Å²) < 4.78 is 45.4. The third-order valence-electron chi connectivity index (χ3n) is 3.03. The number of pyridine rings is 1. The molecule has 114 valence electrons. The van der Waals surface area contributed by atoms with Gasteiger partial charge in [0.2, 0.25) is 0 Å². The Morgan fingerprint density at radius 1 is 1.14 bits per heavy atom. The molecule has 3 aromatic rings. The van der Waals surface area contributed by atoms with Crippen LogP contribution in [0, 0.1) is 0 Å². The number of hydrogen-bond donors (Lipinski definition) is 0. The van der Waals surface area contributed by atoms with Gasteiger partial charge in [0.15, 0.2) is 5.69 Å². The second-order valence-corrected chi connectivity index (χ2v) is 4.95. The lowest BCUT2D eigenvalue weighted by Gasteiger charge is -2.06. The standard InChI is InChI=1S/C14H9ClF3N3O/c1-21-11-6-8(22-9-4-5-19-12(15)7-9)2-3-10(11)13(20-21)14(16,17)18/h2-7H,1H3. The summed E-state index contributed by atoms with van der Waals surface area (Å²) in [6.07, 6.45) is -3.03. The zero-order chi connectivity index (χ0) is 15.9. The number of ether oxygens (including phenoxy) is 1. The third-order valence-corrected chi connectivity index (χ3v) is 3.23. The van der Waals surface area contributed by atoms with Gasteiger partial charge in [-0.2, -0.15) is 18.3 Å². The highest BCUT2D eigenvalue weighted by Crippen LogP contribution is 2.35. The van der Waals surface area contributed by atoms with E-state index < -0.39 is 11.9 Å². The molecule has 8 heteroatoms. The molecule has 0 aliphatic heterocycles. The Labute approximate surface area is 128 Å². The van der Waals surface area contributed by atoms with Gasteiger partial charge in [0.1, 0.15) is 16.7 Å². The summed E-state index contributed by atoms with van der Waals surface area (Å²) in [4.78, 5) is 3.82. The number of fused-ring (bicyclic) bond motifs is 1. The van der Waals surface area contributed by atoms with Crippen molar-refractivity contribution in [3.63, 3.8) is 0 Å². The molecule has 0 unspecified atom stereocenters. The minimum atomic E-state index is -4.50. The van der Waals surface area contributed by atoms with Crippen molar-refractivity contribution < 1.29 is 17.9 Å². The van der Waals surface area contributed by atoms with Crippen molar-refractivity contribution in [2.24, 2.45) is 7.05 Å². The second-order valence-electron chi connectivity index (χ2n) is 4.57. The van der Waals surface area contributed by atoms with E-state index in [4.69, 9.17) is 16.3 Å². The van der Waals surface area contributed by atoms with Crippen LogP contribution in [-0.2, 0) is 13.2 Å². The Bertz CT molecular complexity index is 845. The quantitative estimate of drug-likeness (QED) is 0.654. The molecule has 0 amide bonds. The average Bonchev–Trinajstić information content (AvgIpc) is 2.76. The zero-order valence-corrected chi connectivity index (χ0v) is 12.0.